The van der Waals surface area contributed by atoms with Crippen molar-refractivity contribution in [2.75, 3.05) is 5.73 Å². The van der Waals surface area contributed by atoms with Crippen LogP contribution in [0.25, 0.3) is 0 Å². The molecule has 1 saturated heterocycles. The van der Waals surface area contributed by atoms with E-state index < -0.39 is 5.60 Å². The number of piperidine rings is 1. The van der Waals surface area contributed by atoms with Gasteiger partial charge < -0.3 is 10.8 Å². The summed E-state index contributed by atoms with van der Waals surface area (Å²) in [4.78, 5) is 0. The summed E-state index contributed by atoms with van der Waals surface area (Å²) in [6.07, 6.45) is 7.61. The van der Waals surface area contributed by atoms with E-state index >= 15 is 0 Å². The van der Waals surface area contributed by atoms with E-state index in [9.17, 15) is 5.11 Å². The monoisotopic (exact) mass is 311 g/mol. The zero-order valence-corrected chi connectivity index (χ0v) is 14.3. The van der Waals surface area contributed by atoms with Gasteiger partial charge in [-0.25, -0.2) is 4.58 Å². The Kier molecular flexibility index (Phi) is 3.05. The van der Waals surface area contributed by atoms with Crippen LogP contribution in [0.15, 0.2) is 35.9 Å². The van der Waals surface area contributed by atoms with Crippen molar-refractivity contribution < 1.29 is 9.68 Å². The largest absolute Gasteiger partial charge is 0.398 e. The molecule has 3 N–H and O–H groups in total. The van der Waals surface area contributed by atoms with E-state index in [1.54, 1.807) is 0 Å². The second kappa shape index (κ2) is 4.70. The third-order valence-electron chi connectivity index (χ3n) is 6.63. The number of nitrogens with two attached hydrogens (primary N) is 1. The molecule has 122 valence electrons. The molecule has 1 aliphatic carbocycles. The van der Waals surface area contributed by atoms with Gasteiger partial charge >= 0.3 is 0 Å². The summed E-state index contributed by atoms with van der Waals surface area (Å²) in [5.41, 5.74) is 8.31. The number of nitrogens with zero attached hydrogens (tertiary/aromatic N) is 1. The highest BCUT2D eigenvalue weighted by Crippen LogP contribution is 2.50. The number of fused-ring (bicyclic) bond motifs is 4. The normalized spacial score (nSPS) is 37.8. The maximum Gasteiger partial charge on any atom is 0.177 e. The van der Waals surface area contributed by atoms with Crippen molar-refractivity contribution in [3.8, 4) is 0 Å². The Labute approximate surface area is 138 Å². The first-order valence-corrected chi connectivity index (χ1v) is 8.71. The minimum absolute atomic E-state index is 0.0758. The Balaban J connectivity index is 1.83. The summed E-state index contributed by atoms with van der Waals surface area (Å²) in [7, 11) is 0. The molecule has 1 fully saturated rings. The maximum atomic E-state index is 11.4. The van der Waals surface area contributed by atoms with Crippen molar-refractivity contribution in [2.24, 2.45) is 11.8 Å². The fraction of sp³-hybridized carbons (Fsp3) is 0.550. The Morgan fingerprint density at radius 2 is 2.00 bits per heavy atom. The van der Waals surface area contributed by atoms with Gasteiger partial charge in [0, 0.05) is 36.9 Å². The van der Waals surface area contributed by atoms with E-state index in [1.165, 1.54) is 12.0 Å². The highest BCUT2D eigenvalue weighted by molar-refractivity contribution is 5.73. The molecule has 0 amide bonds. The molecule has 3 aliphatic rings. The molecule has 23 heavy (non-hydrogen) atoms. The molecule has 1 aromatic rings. The minimum atomic E-state index is -0.953. The van der Waals surface area contributed by atoms with Gasteiger partial charge in [-0.2, -0.15) is 0 Å². The Morgan fingerprint density at radius 1 is 1.26 bits per heavy atom. The lowest BCUT2D eigenvalue weighted by molar-refractivity contribution is -0.651. The molecule has 2 heterocycles. The van der Waals surface area contributed by atoms with Crippen LogP contribution in [0.4, 0.5) is 5.69 Å². The first kappa shape index (κ1) is 14.9. The van der Waals surface area contributed by atoms with Crippen LogP contribution in [0.3, 0.4) is 0 Å². The van der Waals surface area contributed by atoms with E-state index in [2.05, 4.69) is 37.6 Å². The Morgan fingerprint density at radius 3 is 2.74 bits per heavy atom. The fourth-order valence-corrected chi connectivity index (χ4v) is 5.11. The summed E-state index contributed by atoms with van der Waals surface area (Å²) in [5, 5.41) is 11.4. The van der Waals surface area contributed by atoms with Gasteiger partial charge in [-0.3, -0.25) is 0 Å². The molecule has 3 heteroatoms. The van der Waals surface area contributed by atoms with Crippen LogP contribution in [-0.4, -0.2) is 27.5 Å². The number of allylic oxidation sites excluding steroid dienone is 1. The first-order valence-electron chi connectivity index (χ1n) is 8.71. The second-order valence-corrected chi connectivity index (χ2v) is 8.20. The number of para-hydroxylation sites is 1. The second-order valence-electron chi connectivity index (χ2n) is 8.20. The average molecular weight is 311 g/mol. The predicted octanol–water partition coefficient (Wildman–Crippen LogP) is 3.08. The van der Waals surface area contributed by atoms with Crippen LogP contribution in [0.2, 0.25) is 0 Å². The number of anilines is 1. The van der Waals surface area contributed by atoms with Gasteiger partial charge in [-0.15, -0.1) is 0 Å². The molecule has 0 spiro atoms. The summed E-state index contributed by atoms with van der Waals surface area (Å²) >= 11 is 0. The predicted molar refractivity (Wildman–Crippen MR) is 93.5 cm³/mol. The third-order valence-corrected chi connectivity index (χ3v) is 6.63. The van der Waals surface area contributed by atoms with Crippen LogP contribution in [0.1, 0.15) is 45.6 Å². The third kappa shape index (κ3) is 2.02. The summed E-state index contributed by atoms with van der Waals surface area (Å²) in [5.74, 6) is 1.20. The SMILES string of the molecule is CC1=CCC2CC1C1CC(O)(c3ccccc3N)C=[N+]1C2(C)C. The average Bonchev–Trinajstić information content (AvgIpc) is 2.87. The molecule has 2 aliphatic heterocycles. The van der Waals surface area contributed by atoms with E-state index in [4.69, 9.17) is 5.73 Å². The van der Waals surface area contributed by atoms with Crippen molar-refractivity contribution in [1.29, 1.82) is 0 Å². The van der Waals surface area contributed by atoms with E-state index in [1.807, 2.05) is 24.3 Å². The lowest BCUT2D eigenvalue weighted by atomic mass is 9.65. The summed E-state index contributed by atoms with van der Waals surface area (Å²) in [6, 6.07) is 8.10. The van der Waals surface area contributed by atoms with Gasteiger partial charge in [0.25, 0.3) is 0 Å². The fourth-order valence-electron chi connectivity index (χ4n) is 5.11. The van der Waals surface area contributed by atoms with Crippen LogP contribution in [0.5, 0.6) is 0 Å². The zero-order chi connectivity index (χ0) is 16.4. The van der Waals surface area contributed by atoms with Crippen molar-refractivity contribution in [3.63, 3.8) is 0 Å². The molecule has 0 aromatic heterocycles. The molecule has 0 radical (unpaired) electrons. The zero-order valence-electron chi connectivity index (χ0n) is 14.3. The quantitative estimate of drug-likeness (QED) is 0.476. The number of rotatable bonds is 1. The Bertz CT molecular complexity index is 718. The number of benzene rings is 1. The van der Waals surface area contributed by atoms with Crippen molar-refractivity contribution in [1.82, 2.24) is 0 Å². The molecular formula is C20H27N2O+. The van der Waals surface area contributed by atoms with Crippen molar-refractivity contribution >= 4 is 11.9 Å². The molecule has 4 rings (SSSR count). The standard InChI is InChI=1S/C20H27N2O/c1-13-8-9-14-10-15(13)18-11-20(23,12-22(18)19(14,2)3)16-6-4-5-7-17(16)21/h4-8,12,14-15,18,23H,9-11,21H2,1-3H3/q+1. The molecule has 1 aromatic carbocycles. The van der Waals surface area contributed by atoms with Crippen molar-refractivity contribution in [2.45, 2.75) is 57.2 Å². The van der Waals surface area contributed by atoms with E-state index in [-0.39, 0.29) is 5.54 Å². The summed E-state index contributed by atoms with van der Waals surface area (Å²) < 4.78 is 2.45. The lowest BCUT2D eigenvalue weighted by Crippen LogP contribution is -2.55. The lowest BCUT2D eigenvalue weighted by Gasteiger charge is -2.45. The smallest absolute Gasteiger partial charge is 0.177 e. The van der Waals surface area contributed by atoms with Gasteiger partial charge in [0.05, 0.1) is 6.42 Å². The first-order chi connectivity index (χ1) is 10.8. The molecule has 4 unspecified atom stereocenters. The van der Waals surface area contributed by atoms with Crippen molar-refractivity contribution in [3.05, 3.63) is 41.5 Å². The van der Waals surface area contributed by atoms with Crippen LogP contribution >= 0.6 is 0 Å². The molecule has 2 bridgehead atoms. The molecule has 0 saturated carbocycles. The Hall–Kier alpha value is -1.61. The van der Waals surface area contributed by atoms with Gasteiger partial charge in [0.15, 0.2) is 23.4 Å². The number of hydrogen-bond donors (Lipinski definition) is 2. The maximum absolute atomic E-state index is 11.4. The number of hydrogen-bond acceptors (Lipinski definition) is 2. The minimum Gasteiger partial charge on any atom is -0.398 e. The molecular weight excluding hydrogens is 284 g/mol. The number of nitrogen functional groups attached to an aromatic ring is 1. The highest BCUT2D eigenvalue weighted by Gasteiger charge is 2.60. The van der Waals surface area contributed by atoms with E-state index in [0.29, 0.717) is 23.6 Å². The van der Waals surface area contributed by atoms with Gasteiger partial charge in [0.2, 0.25) is 0 Å². The summed E-state index contributed by atoms with van der Waals surface area (Å²) in [6.45, 7) is 6.91. The van der Waals surface area contributed by atoms with Crippen LogP contribution in [0, 0.1) is 11.8 Å². The number of aliphatic hydroxyl groups is 1. The molecule has 4 atom stereocenters. The molecule has 3 nitrogen and oxygen atoms in total. The van der Waals surface area contributed by atoms with Gasteiger partial charge in [-0.1, -0.05) is 29.8 Å². The van der Waals surface area contributed by atoms with Gasteiger partial charge in [-0.05, 0) is 25.8 Å². The van der Waals surface area contributed by atoms with E-state index in [0.717, 1.165) is 18.4 Å². The van der Waals surface area contributed by atoms with Crippen LogP contribution in [-0.2, 0) is 5.60 Å². The van der Waals surface area contributed by atoms with Crippen LogP contribution < -0.4 is 5.73 Å². The van der Waals surface area contributed by atoms with Gasteiger partial charge in [0.1, 0.15) is 0 Å². The highest BCUT2D eigenvalue weighted by atomic mass is 16.3. The topological polar surface area (TPSA) is 49.3 Å².